The summed E-state index contributed by atoms with van der Waals surface area (Å²) in [5.41, 5.74) is 1.06. The van der Waals surface area contributed by atoms with E-state index in [1.54, 1.807) is 42.5 Å². The van der Waals surface area contributed by atoms with Gasteiger partial charge in [0, 0.05) is 21.2 Å². The standard InChI is InChI=1S/C19H18Cl2N2O3/c1-12(2)26-23-17(24)11-22(19(25)13-6-4-3-5-7-13)18(23)15-9-8-14(20)10-16(15)21/h3-10,12,18H,11H2,1-2H3/t18-/m1/s1. The number of amides is 2. The molecule has 1 atom stereocenters. The second kappa shape index (κ2) is 7.66. The fourth-order valence-electron chi connectivity index (χ4n) is 2.84. The molecule has 2 amide bonds. The van der Waals surface area contributed by atoms with E-state index in [0.717, 1.165) is 0 Å². The molecule has 2 aromatic rings. The monoisotopic (exact) mass is 392 g/mol. The van der Waals surface area contributed by atoms with Crippen molar-refractivity contribution in [2.75, 3.05) is 6.54 Å². The molecule has 1 saturated heterocycles. The molecule has 1 aliphatic heterocycles. The Hall–Kier alpha value is -2.08. The predicted molar refractivity (Wildman–Crippen MR) is 99.7 cm³/mol. The molecule has 0 unspecified atom stereocenters. The number of carbonyl (C=O) groups is 2. The average Bonchev–Trinajstić information content (AvgIpc) is 2.91. The topological polar surface area (TPSA) is 49.9 Å². The summed E-state index contributed by atoms with van der Waals surface area (Å²) in [7, 11) is 0. The first-order valence-electron chi connectivity index (χ1n) is 8.18. The smallest absolute Gasteiger partial charge is 0.268 e. The Morgan fingerprint density at radius 1 is 1.15 bits per heavy atom. The fourth-order valence-corrected chi connectivity index (χ4v) is 3.35. The van der Waals surface area contributed by atoms with Crippen LogP contribution in [0.15, 0.2) is 48.5 Å². The number of rotatable bonds is 4. The summed E-state index contributed by atoms with van der Waals surface area (Å²) in [6, 6.07) is 13.8. The molecule has 0 radical (unpaired) electrons. The second-order valence-corrected chi connectivity index (χ2v) is 7.06. The van der Waals surface area contributed by atoms with Crippen LogP contribution in [-0.4, -0.2) is 34.4 Å². The summed E-state index contributed by atoms with van der Waals surface area (Å²) in [4.78, 5) is 32.7. The lowest BCUT2D eigenvalue weighted by atomic mass is 10.1. The van der Waals surface area contributed by atoms with Crippen LogP contribution in [0.3, 0.4) is 0 Å². The van der Waals surface area contributed by atoms with Gasteiger partial charge in [-0.2, -0.15) is 5.06 Å². The van der Waals surface area contributed by atoms with Crippen LogP contribution in [0, 0.1) is 0 Å². The Morgan fingerprint density at radius 3 is 2.46 bits per heavy atom. The molecule has 1 aliphatic rings. The molecule has 1 heterocycles. The van der Waals surface area contributed by atoms with Gasteiger partial charge in [0.1, 0.15) is 6.54 Å². The van der Waals surface area contributed by atoms with E-state index < -0.39 is 6.17 Å². The Kier molecular flexibility index (Phi) is 5.51. The van der Waals surface area contributed by atoms with Crippen molar-refractivity contribution in [3.05, 3.63) is 69.7 Å². The zero-order chi connectivity index (χ0) is 18.8. The Labute approximate surface area is 162 Å². The first kappa shape index (κ1) is 18.7. The number of benzene rings is 2. The van der Waals surface area contributed by atoms with Crippen LogP contribution in [0.4, 0.5) is 0 Å². The number of halogens is 2. The molecule has 0 bridgehead atoms. The van der Waals surface area contributed by atoms with Gasteiger partial charge in [0.25, 0.3) is 11.8 Å². The van der Waals surface area contributed by atoms with Crippen LogP contribution in [-0.2, 0) is 9.63 Å². The highest BCUT2D eigenvalue weighted by atomic mass is 35.5. The molecule has 0 aliphatic carbocycles. The highest BCUT2D eigenvalue weighted by molar-refractivity contribution is 6.35. The van der Waals surface area contributed by atoms with E-state index in [4.69, 9.17) is 28.0 Å². The number of carbonyl (C=O) groups excluding carboxylic acids is 2. The van der Waals surface area contributed by atoms with E-state index in [9.17, 15) is 9.59 Å². The van der Waals surface area contributed by atoms with Gasteiger partial charge in [0.2, 0.25) is 0 Å². The van der Waals surface area contributed by atoms with E-state index in [1.165, 1.54) is 9.96 Å². The van der Waals surface area contributed by atoms with Crippen LogP contribution in [0.2, 0.25) is 10.0 Å². The van der Waals surface area contributed by atoms with Gasteiger partial charge < -0.3 is 4.90 Å². The number of nitrogens with zero attached hydrogens (tertiary/aromatic N) is 2. The van der Waals surface area contributed by atoms with E-state index in [1.807, 2.05) is 19.9 Å². The van der Waals surface area contributed by atoms with Crippen molar-refractivity contribution in [2.24, 2.45) is 0 Å². The Morgan fingerprint density at radius 2 is 1.85 bits per heavy atom. The summed E-state index contributed by atoms with van der Waals surface area (Å²) in [5.74, 6) is -0.580. The maximum atomic E-state index is 13.0. The summed E-state index contributed by atoms with van der Waals surface area (Å²) in [6.07, 6.45) is -0.998. The lowest BCUT2D eigenvalue weighted by Crippen LogP contribution is -2.37. The zero-order valence-corrected chi connectivity index (χ0v) is 15.9. The van der Waals surface area contributed by atoms with Gasteiger partial charge in [-0.1, -0.05) is 47.5 Å². The van der Waals surface area contributed by atoms with E-state index in [-0.39, 0.29) is 24.5 Å². The molecule has 7 heteroatoms. The Balaban J connectivity index is 2.04. The van der Waals surface area contributed by atoms with Crippen LogP contribution in [0.25, 0.3) is 0 Å². The van der Waals surface area contributed by atoms with Crippen molar-refractivity contribution < 1.29 is 14.4 Å². The van der Waals surface area contributed by atoms with Crippen molar-refractivity contribution in [3.8, 4) is 0 Å². The molecule has 1 fully saturated rings. The number of hydrogen-bond donors (Lipinski definition) is 0. The minimum atomic E-state index is -0.762. The average molecular weight is 393 g/mol. The van der Waals surface area contributed by atoms with Gasteiger partial charge in [-0.3, -0.25) is 14.4 Å². The fraction of sp³-hybridized carbons (Fsp3) is 0.263. The third-order valence-electron chi connectivity index (χ3n) is 3.92. The second-order valence-electron chi connectivity index (χ2n) is 6.21. The summed E-state index contributed by atoms with van der Waals surface area (Å²) < 4.78 is 0. The molecular weight excluding hydrogens is 375 g/mol. The van der Waals surface area contributed by atoms with Crippen LogP contribution in [0.5, 0.6) is 0 Å². The van der Waals surface area contributed by atoms with Crippen molar-refractivity contribution >= 4 is 35.0 Å². The van der Waals surface area contributed by atoms with Gasteiger partial charge >= 0.3 is 0 Å². The molecule has 0 spiro atoms. The summed E-state index contributed by atoms with van der Waals surface area (Å²) in [6.45, 7) is 3.54. The van der Waals surface area contributed by atoms with Crippen LogP contribution >= 0.6 is 23.2 Å². The summed E-state index contributed by atoms with van der Waals surface area (Å²) in [5, 5.41) is 2.06. The minimum absolute atomic E-state index is 0.0932. The number of hydroxylamine groups is 2. The van der Waals surface area contributed by atoms with Crippen molar-refractivity contribution in [1.82, 2.24) is 9.96 Å². The van der Waals surface area contributed by atoms with Crippen LogP contribution < -0.4 is 0 Å². The largest absolute Gasteiger partial charge is 0.302 e. The molecule has 3 rings (SSSR count). The van der Waals surface area contributed by atoms with Gasteiger partial charge in [0.15, 0.2) is 6.17 Å². The highest BCUT2D eigenvalue weighted by Crippen LogP contribution is 2.37. The van der Waals surface area contributed by atoms with Gasteiger partial charge in [0.05, 0.1) is 6.10 Å². The maximum absolute atomic E-state index is 13.0. The number of hydrogen-bond acceptors (Lipinski definition) is 3. The molecule has 5 nitrogen and oxygen atoms in total. The molecular formula is C19H18Cl2N2O3. The van der Waals surface area contributed by atoms with Gasteiger partial charge in [-0.15, -0.1) is 0 Å². The van der Waals surface area contributed by atoms with E-state index in [2.05, 4.69) is 0 Å². The summed E-state index contributed by atoms with van der Waals surface area (Å²) >= 11 is 12.4. The molecule has 136 valence electrons. The van der Waals surface area contributed by atoms with Crippen molar-refractivity contribution in [1.29, 1.82) is 0 Å². The lowest BCUT2D eigenvalue weighted by molar-refractivity contribution is -0.212. The van der Waals surface area contributed by atoms with Gasteiger partial charge in [-0.05, 0) is 38.1 Å². The lowest BCUT2D eigenvalue weighted by Gasteiger charge is -2.31. The minimum Gasteiger partial charge on any atom is -0.302 e. The molecule has 0 N–H and O–H groups in total. The normalized spacial score (nSPS) is 17.3. The molecule has 0 aromatic heterocycles. The predicted octanol–water partition coefficient (Wildman–Crippen LogP) is 4.32. The first-order valence-corrected chi connectivity index (χ1v) is 8.94. The van der Waals surface area contributed by atoms with Gasteiger partial charge in [-0.25, -0.2) is 0 Å². The first-order chi connectivity index (χ1) is 12.4. The van der Waals surface area contributed by atoms with E-state index >= 15 is 0 Å². The quantitative estimate of drug-likeness (QED) is 0.778. The third kappa shape index (κ3) is 3.70. The third-order valence-corrected chi connectivity index (χ3v) is 4.48. The Bertz CT molecular complexity index is 827. The SMILES string of the molecule is CC(C)ON1C(=O)CN(C(=O)c2ccccc2)[C@H]1c1ccc(Cl)cc1Cl. The molecule has 0 saturated carbocycles. The van der Waals surface area contributed by atoms with Crippen molar-refractivity contribution in [2.45, 2.75) is 26.1 Å². The highest BCUT2D eigenvalue weighted by Gasteiger charge is 2.44. The maximum Gasteiger partial charge on any atom is 0.268 e. The molecule has 26 heavy (non-hydrogen) atoms. The van der Waals surface area contributed by atoms with Crippen molar-refractivity contribution in [3.63, 3.8) is 0 Å². The molecule has 2 aromatic carbocycles. The van der Waals surface area contributed by atoms with E-state index in [0.29, 0.717) is 21.2 Å². The van der Waals surface area contributed by atoms with Crippen LogP contribution in [0.1, 0.15) is 35.9 Å². The zero-order valence-electron chi connectivity index (χ0n) is 14.4.